The van der Waals surface area contributed by atoms with Crippen LogP contribution >= 0.6 is 0 Å². The van der Waals surface area contributed by atoms with Crippen LogP contribution in [0.3, 0.4) is 0 Å². The maximum Gasteiger partial charge on any atom is 0.211 e. The summed E-state index contributed by atoms with van der Waals surface area (Å²) < 4.78 is 0. The van der Waals surface area contributed by atoms with Crippen molar-refractivity contribution in [1.29, 1.82) is 0 Å². The van der Waals surface area contributed by atoms with Gasteiger partial charge in [0.25, 0.3) is 0 Å². The zero-order valence-electron chi connectivity index (χ0n) is 5.46. The highest BCUT2D eigenvalue weighted by Crippen LogP contribution is 2.17. The molecule has 2 rings (SSSR count). The van der Waals surface area contributed by atoms with Gasteiger partial charge in [0.1, 0.15) is 0 Å². The maximum absolute atomic E-state index is 8.96. The van der Waals surface area contributed by atoms with Crippen LogP contribution < -0.4 is 5.32 Å². The number of aromatic hydroxyl groups is 1. The Morgan fingerprint density at radius 3 is 3.10 bits per heavy atom. The van der Waals surface area contributed by atoms with Gasteiger partial charge in [-0.1, -0.05) is 0 Å². The van der Waals surface area contributed by atoms with Crippen molar-refractivity contribution in [3.05, 3.63) is 23.4 Å². The Kier molecular flexibility index (Phi) is 1.11. The molecule has 0 saturated heterocycles. The molecule has 2 N–H and O–H groups in total. The van der Waals surface area contributed by atoms with E-state index in [2.05, 4.69) is 10.3 Å². The van der Waals surface area contributed by atoms with Crippen molar-refractivity contribution in [1.82, 2.24) is 10.3 Å². The lowest BCUT2D eigenvalue weighted by Gasteiger charge is -1.95. The van der Waals surface area contributed by atoms with Gasteiger partial charge >= 0.3 is 0 Å². The molecule has 2 heterocycles. The molecule has 0 atom stereocenters. The van der Waals surface area contributed by atoms with Crippen LogP contribution in [0, 0.1) is 0 Å². The van der Waals surface area contributed by atoms with E-state index in [1.54, 1.807) is 12.3 Å². The summed E-state index contributed by atoms with van der Waals surface area (Å²) in [6.45, 7) is 1.73. The summed E-state index contributed by atoms with van der Waals surface area (Å²) in [5.74, 6) is 0.113. The van der Waals surface area contributed by atoms with Crippen molar-refractivity contribution in [2.45, 2.75) is 13.1 Å². The van der Waals surface area contributed by atoms with E-state index in [4.69, 9.17) is 5.11 Å². The Morgan fingerprint density at radius 1 is 1.40 bits per heavy atom. The van der Waals surface area contributed by atoms with Crippen molar-refractivity contribution in [2.24, 2.45) is 0 Å². The molecule has 0 unspecified atom stereocenters. The van der Waals surface area contributed by atoms with Crippen molar-refractivity contribution < 1.29 is 5.11 Å². The predicted molar refractivity (Wildman–Crippen MR) is 36.4 cm³/mol. The molecule has 0 spiro atoms. The van der Waals surface area contributed by atoms with Crippen LogP contribution in [0.15, 0.2) is 12.3 Å². The van der Waals surface area contributed by atoms with E-state index in [0.717, 1.165) is 18.7 Å². The summed E-state index contributed by atoms with van der Waals surface area (Å²) in [6.07, 6.45) is 1.71. The number of aromatic nitrogens is 1. The lowest BCUT2D eigenvalue weighted by molar-refractivity contribution is 0.452. The van der Waals surface area contributed by atoms with Gasteiger partial charge in [-0.2, -0.15) is 0 Å². The SMILES string of the molecule is Oc1cc2c(cn1)CNC2. The molecule has 0 aliphatic carbocycles. The standard InChI is InChI=1S/C7H8N2O/c10-7-1-5-2-8-3-6(5)4-9-7/h1,4,8H,2-3H2,(H,9,10). The summed E-state index contributed by atoms with van der Waals surface area (Å²) in [5, 5.41) is 12.1. The van der Waals surface area contributed by atoms with E-state index in [0.29, 0.717) is 0 Å². The van der Waals surface area contributed by atoms with Crippen molar-refractivity contribution >= 4 is 0 Å². The summed E-state index contributed by atoms with van der Waals surface area (Å²) in [4.78, 5) is 3.77. The van der Waals surface area contributed by atoms with E-state index in [1.165, 1.54) is 5.56 Å². The average molecular weight is 136 g/mol. The molecular formula is C7H8N2O. The Balaban J connectivity index is 2.52. The smallest absolute Gasteiger partial charge is 0.211 e. The van der Waals surface area contributed by atoms with E-state index >= 15 is 0 Å². The van der Waals surface area contributed by atoms with Crippen LogP contribution in [0.1, 0.15) is 11.1 Å². The van der Waals surface area contributed by atoms with Crippen molar-refractivity contribution in [3.8, 4) is 5.88 Å². The van der Waals surface area contributed by atoms with Gasteiger partial charge in [-0.25, -0.2) is 4.98 Å². The quantitative estimate of drug-likeness (QED) is 0.542. The van der Waals surface area contributed by atoms with Gasteiger partial charge in [0.05, 0.1) is 0 Å². The lowest BCUT2D eigenvalue weighted by Crippen LogP contribution is -1.99. The first-order chi connectivity index (χ1) is 4.86. The van der Waals surface area contributed by atoms with Gasteiger partial charge in [0.15, 0.2) is 0 Å². The number of nitrogens with zero attached hydrogens (tertiary/aromatic N) is 1. The van der Waals surface area contributed by atoms with Crippen molar-refractivity contribution in [2.75, 3.05) is 0 Å². The molecule has 0 radical (unpaired) electrons. The molecule has 0 bridgehead atoms. The minimum absolute atomic E-state index is 0.113. The van der Waals surface area contributed by atoms with Crippen molar-refractivity contribution in [3.63, 3.8) is 0 Å². The number of fused-ring (bicyclic) bond motifs is 1. The highest BCUT2D eigenvalue weighted by atomic mass is 16.3. The Morgan fingerprint density at radius 2 is 2.20 bits per heavy atom. The molecular weight excluding hydrogens is 128 g/mol. The zero-order valence-corrected chi connectivity index (χ0v) is 5.46. The van der Waals surface area contributed by atoms with E-state index < -0.39 is 0 Å². The summed E-state index contributed by atoms with van der Waals surface area (Å²) >= 11 is 0. The Bertz CT molecular complexity index is 260. The van der Waals surface area contributed by atoms with E-state index in [-0.39, 0.29) is 5.88 Å². The second-order valence-electron chi connectivity index (χ2n) is 2.41. The number of nitrogens with one attached hydrogen (secondary N) is 1. The fourth-order valence-corrected chi connectivity index (χ4v) is 1.17. The monoisotopic (exact) mass is 136 g/mol. The lowest BCUT2D eigenvalue weighted by atomic mass is 10.2. The highest BCUT2D eigenvalue weighted by molar-refractivity contribution is 5.31. The molecule has 1 aliphatic rings. The third kappa shape index (κ3) is 0.752. The van der Waals surface area contributed by atoms with Crippen LogP contribution in [-0.4, -0.2) is 10.1 Å². The number of pyridine rings is 1. The first kappa shape index (κ1) is 5.68. The third-order valence-corrected chi connectivity index (χ3v) is 1.70. The van der Waals surface area contributed by atoms with Gasteiger partial charge in [-0.05, 0) is 11.1 Å². The molecule has 10 heavy (non-hydrogen) atoms. The molecule has 0 aromatic carbocycles. The molecule has 0 saturated carbocycles. The van der Waals surface area contributed by atoms with Gasteiger partial charge in [-0.15, -0.1) is 0 Å². The summed E-state index contributed by atoms with van der Waals surface area (Å²) in [7, 11) is 0. The van der Waals surface area contributed by atoms with Crippen LogP contribution in [0.25, 0.3) is 0 Å². The molecule has 3 nitrogen and oxygen atoms in total. The number of rotatable bonds is 0. The minimum atomic E-state index is 0.113. The molecule has 52 valence electrons. The number of hydrogen-bond acceptors (Lipinski definition) is 3. The van der Waals surface area contributed by atoms with E-state index in [1.807, 2.05) is 0 Å². The van der Waals surface area contributed by atoms with Crippen LogP contribution in [-0.2, 0) is 13.1 Å². The predicted octanol–water partition coefficient (Wildman–Crippen LogP) is 0.390. The topological polar surface area (TPSA) is 45.2 Å². The fraction of sp³-hybridized carbons (Fsp3) is 0.286. The van der Waals surface area contributed by atoms with Gasteiger partial charge in [0.2, 0.25) is 5.88 Å². The fourth-order valence-electron chi connectivity index (χ4n) is 1.17. The third-order valence-electron chi connectivity index (χ3n) is 1.70. The van der Waals surface area contributed by atoms with Crippen LogP contribution in [0.5, 0.6) is 5.88 Å². The summed E-state index contributed by atoms with van der Waals surface area (Å²) in [6, 6.07) is 1.70. The molecule has 3 heteroatoms. The molecule has 1 aliphatic heterocycles. The van der Waals surface area contributed by atoms with E-state index in [9.17, 15) is 0 Å². The largest absolute Gasteiger partial charge is 0.493 e. The van der Waals surface area contributed by atoms with Crippen LogP contribution in [0.4, 0.5) is 0 Å². The average Bonchev–Trinajstić information content (AvgIpc) is 2.33. The second-order valence-corrected chi connectivity index (χ2v) is 2.41. The first-order valence-corrected chi connectivity index (χ1v) is 3.24. The van der Waals surface area contributed by atoms with Crippen LogP contribution in [0.2, 0.25) is 0 Å². The highest BCUT2D eigenvalue weighted by Gasteiger charge is 2.09. The zero-order chi connectivity index (χ0) is 6.97. The second kappa shape index (κ2) is 1.95. The molecule has 0 fully saturated rings. The molecule has 0 amide bonds. The normalized spacial score (nSPS) is 15.2. The van der Waals surface area contributed by atoms with Gasteiger partial charge in [0, 0.05) is 25.4 Å². The summed E-state index contributed by atoms with van der Waals surface area (Å²) in [5.41, 5.74) is 2.35. The molecule has 1 aromatic heterocycles. The van der Waals surface area contributed by atoms with Gasteiger partial charge in [-0.3, -0.25) is 0 Å². The minimum Gasteiger partial charge on any atom is -0.493 e. The first-order valence-electron chi connectivity index (χ1n) is 3.24. The maximum atomic E-state index is 8.96. The van der Waals surface area contributed by atoms with Gasteiger partial charge < -0.3 is 10.4 Å². The Hall–Kier alpha value is -1.09. The Labute approximate surface area is 58.7 Å². The molecule has 1 aromatic rings. The number of hydrogen-bond donors (Lipinski definition) is 2.